The van der Waals surface area contributed by atoms with Gasteiger partial charge in [-0.3, -0.25) is 4.79 Å². The second kappa shape index (κ2) is 3.92. The van der Waals surface area contributed by atoms with Crippen molar-refractivity contribution in [2.75, 3.05) is 0 Å². The Hall–Kier alpha value is -0.530. The molecule has 1 unspecified atom stereocenters. The molecule has 1 atom stereocenters. The maximum atomic E-state index is 11.6. The first-order chi connectivity index (χ1) is 6.70. The molecule has 0 bridgehead atoms. The number of hydrogen-bond donors (Lipinski definition) is 0. The molecule has 1 aromatic carbocycles. The zero-order valence-corrected chi connectivity index (χ0v) is 9.11. The van der Waals surface area contributed by atoms with E-state index in [1.54, 1.807) is 18.2 Å². The number of carbonyl (C=O) groups is 1. The molecule has 0 aromatic heterocycles. The second-order valence-electron chi connectivity index (χ2n) is 3.55. The molecular formula is C11H10Cl2O. The van der Waals surface area contributed by atoms with E-state index in [2.05, 4.69) is 0 Å². The van der Waals surface area contributed by atoms with E-state index in [1.165, 1.54) is 0 Å². The number of benzene rings is 1. The lowest BCUT2D eigenvalue weighted by molar-refractivity contribution is -0.118. The molecule has 1 aliphatic rings. The summed E-state index contributed by atoms with van der Waals surface area (Å²) in [5.41, 5.74) is 0.818. The Morgan fingerprint density at radius 2 is 1.86 bits per heavy atom. The van der Waals surface area contributed by atoms with Crippen LogP contribution in [0.1, 0.15) is 30.7 Å². The lowest BCUT2D eigenvalue weighted by Crippen LogP contribution is -2.05. The van der Waals surface area contributed by atoms with Gasteiger partial charge in [0.05, 0.1) is 0 Å². The van der Waals surface area contributed by atoms with Gasteiger partial charge in [0.1, 0.15) is 5.78 Å². The van der Waals surface area contributed by atoms with E-state index in [1.807, 2.05) is 0 Å². The van der Waals surface area contributed by atoms with E-state index in [9.17, 15) is 4.79 Å². The fourth-order valence-corrected chi connectivity index (χ4v) is 2.63. The molecule has 1 aromatic rings. The van der Waals surface area contributed by atoms with Crippen molar-refractivity contribution in [1.82, 2.24) is 0 Å². The van der Waals surface area contributed by atoms with Gasteiger partial charge >= 0.3 is 0 Å². The van der Waals surface area contributed by atoms with Crippen molar-refractivity contribution in [2.45, 2.75) is 25.2 Å². The van der Waals surface area contributed by atoms with E-state index in [0.29, 0.717) is 16.5 Å². The van der Waals surface area contributed by atoms with Gasteiger partial charge in [-0.05, 0) is 30.5 Å². The van der Waals surface area contributed by atoms with Gasteiger partial charge in [0.15, 0.2) is 0 Å². The van der Waals surface area contributed by atoms with Crippen LogP contribution >= 0.6 is 23.2 Å². The standard InChI is InChI=1S/C11H10Cl2O/c12-8-4-2-5-9(13)11(8)7-3-1-6-10(7)14/h2,4-5,7H,1,3,6H2. The van der Waals surface area contributed by atoms with Gasteiger partial charge in [0.25, 0.3) is 0 Å². The maximum absolute atomic E-state index is 11.6. The van der Waals surface area contributed by atoms with Crippen LogP contribution in [0.5, 0.6) is 0 Å². The topological polar surface area (TPSA) is 17.1 Å². The van der Waals surface area contributed by atoms with Crippen molar-refractivity contribution in [3.8, 4) is 0 Å². The van der Waals surface area contributed by atoms with Crippen molar-refractivity contribution in [1.29, 1.82) is 0 Å². The Bertz CT molecular complexity index is 353. The third kappa shape index (κ3) is 1.67. The SMILES string of the molecule is O=C1CCCC1c1c(Cl)cccc1Cl. The summed E-state index contributed by atoms with van der Waals surface area (Å²) in [6.07, 6.45) is 2.49. The Kier molecular flexibility index (Phi) is 2.80. The summed E-state index contributed by atoms with van der Waals surface area (Å²) < 4.78 is 0. The number of halogens is 2. The Labute approximate surface area is 93.0 Å². The van der Waals surface area contributed by atoms with E-state index >= 15 is 0 Å². The van der Waals surface area contributed by atoms with Crippen molar-refractivity contribution >= 4 is 29.0 Å². The largest absolute Gasteiger partial charge is 0.299 e. The molecule has 1 aliphatic carbocycles. The average molecular weight is 229 g/mol. The summed E-state index contributed by atoms with van der Waals surface area (Å²) in [5, 5.41) is 1.22. The Balaban J connectivity index is 2.44. The number of carbonyl (C=O) groups excluding carboxylic acids is 1. The molecule has 1 nitrogen and oxygen atoms in total. The van der Waals surface area contributed by atoms with Crippen molar-refractivity contribution in [3.05, 3.63) is 33.8 Å². The van der Waals surface area contributed by atoms with E-state index in [-0.39, 0.29) is 11.7 Å². The molecule has 0 spiro atoms. The van der Waals surface area contributed by atoms with Gasteiger partial charge in [-0.2, -0.15) is 0 Å². The summed E-state index contributed by atoms with van der Waals surface area (Å²) in [6, 6.07) is 5.37. The van der Waals surface area contributed by atoms with Gasteiger partial charge in [0.2, 0.25) is 0 Å². The lowest BCUT2D eigenvalue weighted by Gasteiger charge is -2.12. The first-order valence-electron chi connectivity index (χ1n) is 4.67. The summed E-state index contributed by atoms with van der Waals surface area (Å²) in [6.45, 7) is 0. The van der Waals surface area contributed by atoms with Crippen LogP contribution < -0.4 is 0 Å². The minimum absolute atomic E-state index is 0.0730. The highest BCUT2D eigenvalue weighted by atomic mass is 35.5. The molecule has 1 saturated carbocycles. The smallest absolute Gasteiger partial charge is 0.140 e. The minimum Gasteiger partial charge on any atom is -0.299 e. The Morgan fingerprint density at radius 1 is 1.21 bits per heavy atom. The van der Waals surface area contributed by atoms with Gasteiger partial charge in [0, 0.05) is 22.4 Å². The van der Waals surface area contributed by atoms with Gasteiger partial charge < -0.3 is 0 Å². The third-order valence-electron chi connectivity index (χ3n) is 2.65. The summed E-state index contributed by atoms with van der Waals surface area (Å²) in [7, 11) is 0. The van der Waals surface area contributed by atoms with Gasteiger partial charge in [-0.25, -0.2) is 0 Å². The predicted octanol–water partition coefficient (Wildman–Crippen LogP) is 3.83. The molecule has 0 N–H and O–H groups in total. The zero-order chi connectivity index (χ0) is 10.1. The van der Waals surface area contributed by atoms with E-state index < -0.39 is 0 Å². The van der Waals surface area contributed by atoms with Crippen LogP contribution in [0.15, 0.2) is 18.2 Å². The molecule has 3 heteroatoms. The molecule has 2 rings (SSSR count). The molecule has 0 heterocycles. The summed E-state index contributed by atoms with van der Waals surface area (Å²) >= 11 is 12.1. The lowest BCUT2D eigenvalue weighted by atomic mass is 9.97. The van der Waals surface area contributed by atoms with E-state index in [4.69, 9.17) is 23.2 Å². The zero-order valence-electron chi connectivity index (χ0n) is 7.59. The average Bonchev–Trinajstić information content (AvgIpc) is 2.52. The number of Topliss-reactive ketones (excluding diaryl/α,β-unsaturated/α-hetero) is 1. The van der Waals surface area contributed by atoms with Crippen LogP contribution in [0.4, 0.5) is 0 Å². The van der Waals surface area contributed by atoms with Crippen molar-refractivity contribution in [3.63, 3.8) is 0 Å². The molecule has 0 saturated heterocycles. The van der Waals surface area contributed by atoms with Crippen LogP contribution in [-0.4, -0.2) is 5.78 Å². The molecular weight excluding hydrogens is 219 g/mol. The Morgan fingerprint density at radius 3 is 2.36 bits per heavy atom. The van der Waals surface area contributed by atoms with Crippen LogP contribution in [0, 0.1) is 0 Å². The number of rotatable bonds is 1. The van der Waals surface area contributed by atoms with Crippen LogP contribution in [0.3, 0.4) is 0 Å². The van der Waals surface area contributed by atoms with Gasteiger partial charge in [-0.15, -0.1) is 0 Å². The summed E-state index contributed by atoms with van der Waals surface area (Å²) in [5.74, 6) is 0.191. The molecule has 0 radical (unpaired) electrons. The number of hydrogen-bond acceptors (Lipinski definition) is 1. The fraction of sp³-hybridized carbons (Fsp3) is 0.364. The molecule has 1 fully saturated rings. The first-order valence-corrected chi connectivity index (χ1v) is 5.42. The second-order valence-corrected chi connectivity index (χ2v) is 4.36. The molecule has 74 valence electrons. The van der Waals surface area contributed by atoms with Crippen LogP contribution in [0.25, 0.3) is 0 Å². The number of ketones is 1. The van der Waals surface area contributed by atoms with Crippen LogP contribution in [0.2, 0.25) is 10.0 Å². The highest BCUT2D eigenvalue weighted by Crippen LogP contribution is 2.38. The monoisotopic (exact) mass is 228 g/mol. The normalized spacial score (nSPS) is 21.6. The minimum atomic E-state index is -0.0730. The maximum Gasteiger partial charge on any atom is 0.140 e. The first kappa shape index (κ1) is 10.0. The van der Waals surface area contributed by atoms with E-state index in [0.717, 1.165) is 18.4 Å². The molecule has 0 amide bonds. The van der Waals surface area contributed by atoms with Crippen molar-refractivity contribution in [2.24, 2.45) is 0 Å². The molecule has 0 aliphatic heterocycles. The third-order valence-corrected chi connectivity index (χ3v) is 3.31. The van der Waals surface area contributed by atoms with Gasteiger partial charge in [-0.1, -0.05) is 29.3 Å². The fourth-order valence-electron chi connectivity index (χ4n) is 1.96. The predicted molar refractivity (Wildman–Crippen MR) is 58.1 cm³/mol. The van der Waals surface area contributed by atoms with Crippen molar-refractivity contribution < 1.29 is 4.79 Å². The quantitative estimate of drug-likeness (QED) is 0.715. The highest BCUT2D eigenvalue weighted by Gasteiger charge is 2.29. The highest BCUT2D eigenvalue weighted by molar-refractivity contribution is 6.36. The molecule has 14 heavy (non-hydrogen) atoms. The van der Waals surface area contributed by atoms with Crippen LogP contribution in [-0.2, 0) is 4.79 Å². The summed E-state index contributed by atoms with van der Waals surface area (Å²) in [4.78, 5) is 11.6.